The Bertz CT molecular complexity index is 934. The highest BCUT2D eigenvalue weighted by atomic mass is 32.2. The monoisotopic (exact) mass is 356 g/mol. The lowest BCUT2D eigenvalue weighted by Gasteiger charge is -2.23. The van der Waals surface area contributed by atoms with Crippen LogP contribution in [0, 0.1) is 0 Å². The van der Waals surface area contributed by atoms with E-state index in [9.17, 15) is 16.8 Å². The van der Waals surface area contributed by atoms with E-state index in [-0.39, 0.29) is 9.79 Å². The highest BCUT2D eigenvalue weighted by Gasteiger charge is 2.30. The molecule has 0 radical (unpaired) electrons. The van der Waals surface area contributed by atoms with Crippen LogP contribution in [0.25, 0.3) is 0 Å². The Balaban J connectivity index is 1.99. The maximum Gasteiger partial charge on any atom is 0.242 e. The van der Waals surface area contributed by atoms with Crippen LogP contribution in [0.5, 0.6) is 0 Å². The van der Waals surface area contributed by atoms with Crippen LogP contribution >= 0.6 is 0 Å². The highest BCUT2D eigenvalue weighted by molar-refractivity contribution is 7.93. The average Bonchev–Trinajstić information content (AvgIpc) is 2.96. The van der Waals surface area contributed by atoms with Gasteiger partial charge in [-0.05, 0) is 25.0 Å². The molecule has 2 heterocycles. The molecule has 1 N–H and O–H groups in total. The average molecular weight is 356 g/mol. The molecule has 0 amide bonds. The molecule has 23 heavy (non-hydrogen) atoms. The fraction of sp³-hybridized carbons (Fsp3) is 0.385. The third kappa shape index (κ3) is 3.14. The first-order chi connectivity index (χ1) is 10.8. The van der Waals surface area contributed by atoms with Crippen molar-refractivity contribution in [2.75, 3.05) is 6.26 Å². The van der Waals surface area contributed by atoms with Gasteiger partial charge in [0, 0.05) is 12.8 Å². The molecule has 2 aromatic rings. The van der Waals surface area contributed by atoms with Gasteiger partial charge in [0.25, 0.3) is 0 Å². The molecule has 1 aromatic carbocycles. The topological polar surface area (TPSA) is 111 Å². The van der Waals surface area contributed by atoms with Crippen LogP contribution < -0.4 is 4.72 Å². The van der Waals surface area contributed by atoms with Crippen molar-refractivity contribution in [3.8, 4) is 0 Å². The molecule has 1 aromatic heterocycles. The molecule has 1 aliphatic heterocycles. The van der Waals surface area contributed by atoms with Crippen molar-refractivity contribution < 1.29 is 16.8 Å². The van der Waals surface area contributed by atoms with Gasteiger partial charge in [-0.2, -0.15) is 5.10 Å². The molecule has 8 nitrogen and oxygen atoms in total. The summed E-state index contributed by atoms with van der Waals surface area (Å²) in [5.41, 5.74) is 0. The van der Waals surface area contributed by atoms with Gasteiger partial charge in [0.2, 0.25) is 10.0 Å². The maximum atomic E-state index is 12.7. The summed E-state index contributed by atoms with van der Waals surface area (Å²) >= 11 is 0. The van der Waals surface area contributed by atoms with Gasteiger partial charge in [-0.3, -0.25) is 0 Å². The minimum atomic E-state index is -4.00. The SMILES string of the molecule is CS(=O)(=O)c1ccccc1S(=O)(=O)N[C@@H]1CCCn2ncnc21. The number of nitrogens with one attached hydrogen (secondary N) is 1. The minimum absolute atomic E-state index is 0.218. The second-order valence-electron chi connectivity index (χ2n) is 5.38. The summed E-state index contributed by atoms with van der Waals surface area (Å²) in [5, 5.41) is 4.04. The van der Waals surface area contributed by atoms with E-state index in [4.69, 9.17) is 0 Å². The van der Waals surface area contributed by atoms with Crippen molar-refractivity contribution in [2.24, 2.45) is 0 Å². The summed E-state index contributed by atoms with van der Waals surface area (Å²) in [7, 11) is -7.66. The fourth-order valence-electron chi connectivity index (χ4n) is 2.63. The fourth-order valence-corrected chi connectivity index (χ4v) is 5.49. The first kappa shape index (κ1) is 16.1. The van der Waals surface area contributed by atoms with Crippen molar-refractivity contribution in [3.05, 3.63) is 36.4 Å². The third-order valence-corrected chi connectivity index (χ3v) is 6.47. The van der Waals surface area contributed by atoms with Crippen LogP contribution in [0.4, 0.5) is 0 Å². The molecule has 124 valence electrons. The summed E-state index contributed by atoms with van der Waals surface area (Å²) in [6, 6.07) is 5.03. The van der Waals surface area contributed by atoms with Gasteiger partial charge >= 0.3 is 0 Å². The lowest BCUT2D eigenvalue weighted by Crippen LogP contribution is -2.34. The summed E-state index contributed by atoms with van der Waals surface area (Å²) in [6.45, 7) is 0.688. The number of benzene rings is 1. The smallest absolute Gasteiger partial charge is 0.242 e. The van der Waals surface area contributed by atoms with E-state index < -0.39 is 25.9 Å². The first-order valence-corrected chi connectivity index (χ1v) is 10.4. The van der Waals surface area contributed by atoms with Gasteiger partial charge in [0.1, 0.15) is 17.0 Å². The van der Waals surface area contributed by atoms with E-state index >= 15 is 0 Å². The molecular weight excluding hydrogens is 340 g/mol. The highest BCUT2D eigenvalue weighted by Crippen LogP contribution is 2.26. The van der Waals surface area contributed by atoms with Crippen LogP contribution in [0.1, 0.15) is 24.7 Å². The third-order valence-electron chi connectivity index (χ3n) is 3.66. The molecule has 0 saturated heterocycles. The van der Waals surface area contributed by atoms with Crippen molar-refractivity contribution in [1.82, 2.24) is 19.5 Å². The molecule has 0 fully saturated rings. The van der Waals surface area contributed by atoms with E-state index in [1.165, 1.54) is 30.6 Å². The van der Waals surface area contributed by atoms with Gasteiger partial charge in [0.05, 0.1) is 10.9 Å². The zero-order chi connectivity index (χ0) is 16.7. The van der Waals surface area contributed by atoms with Gasteiger partial charge in [0.15, 0.2) is 9.84 Å². The van der Waals surface area contributed by atoms with Crippen LogP contribution in [-0.4, -0.2) is 37.9 Å². The van der Waals surface area contributed by atoms with Gasteiger partial charge in [-0.25, -0.2) is 31.2 Å². The number of aryl methyl sites for hydroxylation is 1. The lowest BCUT2D eigenvalue weighted by molar-refractivity contribution is 0.399. The summed E-state index contributed by atoms with van der Waals surface area (Å²) in [6.07, 6.45) is 3.71. The molecule has 0 aliphatic carbocycles. The largest absolute Gasteiger partial charge is 0.248 e. The number of sulfone groups is 1. The second-order valence-corrected chi connectivity index (χ2v) is 9.04. The van der Waals surface area contributed by atoms with Gasteiger partial charge in [-0.15, -0.1) is 0 Å². The predicted octanol–water partition coefficient (Wildman–Crippen LogP) is 0.495. The van der Waals surface area contributed by atoms with E-state index in [1.807, 2.05) is 0 Å². The number of rotatable bonds is 4. The Morgan fingerprint density at radius 3 is 2.57 bits per heavy atom. The molecule has 1 aliphatic rings. The number of hydrogen-bond donors (Lipinski definition) is 1. The number of fused-ring (bicyclic) bond motifs is 1. The zero-order valence-corrected chi connectivity index (χ0v) is 14.0. The van der Waals surface area contributed by atoms with E-state index in [2.05, 4.69) is 14.8 Å². The molecule has 0 saturated carbocycles. The van der Waals surface area contributed by atoms with Crippen LogP contribution in [0.2, 0.25) is 0 Å². The number of aromatic nitrogens is 3. The Morgan fingerprint density at radius 1 is 1.17 bits per heavy atom. The Hall–Kier alpha value is -1.78. The summed E-state index contributed by atoms with van der Waals surface area (Å²) in [5.74, 6) is 0.539. The van der Waals surface area contributed by atoms with Crippen LogP contribution in [0.15, 0.2) is 40.4 Å². The standard InChI is InChI=1S/C13H16N4O4S2/c1-22(18,19)11-6-2-3-7-12(11)23(20,21)16-10-5-4-8-17-13(10)14-9-15-17/h2-3,6-7,9-10,16H,4-5,8H2,1H3/t10-/m1/s1. The molecule has 0 bridgehead atoms. The van der Waals surface area contributed by atoms with Crippen molar-refractivity contribution in [2.45, 2.75) is 35.2 Å². The lowest BCUT2D eigenvalue weighted by atomic mass is 10.1. The second kappa shape index (κ2) is 5.69. The molecular formula is C13H16N4O4S2. The number of nitrogens with zero attached hydrogens (tertiary/aromatic N) is 3. The van der Waals surface area contributed by atoms with Crippen molar-refractivity contribution in [1.29, 1.82) is 0 Å². The Kier molecular flexibility index (Phi) is 3.98. The van der Waals surface area contributed by atoms with E-state index in [1.54, 1.807) is 4.68 Å². The normalized spacial score (nSPS) is 18.6. The van der Waals surface area contributed by atoms with Gasteiger partial charge < -0.3 is 0 Å². The zero-order valence-electron chi connectivity index (χ0n) is 12.4. The van der Waals surface area contributed by atoms with Crippen LogP contribution in [0.3, 0.4) is 0 Å². The maximum absolute atomic E-state index is 12.7. The molecule has 3 rings (SSSR count). The first-order valence-electron chi connectivity index (χ1n) is 6.98. The molecule has 1 atom stereocenters. The van der Waals surface area contributed by atoms with Crippen molar-refractivity contribution in [3.63, 3.8) is 0 Å². The van der Waals surface area contributed by atoms with E-state index in [0.29, 0.717) is 18.8 Å². The number of hydrogen-bond acceptors (Lipinski definition) is 6. The molecule has 0 spiro atoms. The van der Waals surface area contributed by atoms with Crippen molar-refractivity contribution >= 4 is 19.9 Å². The van der Waals surface area contributed by atoms with Gasteiger partial charge in [-0.1, -0.05) is 12.1 Å². The Labute approximate surface area is 134 Å². The predicted molar refractivity (Wildman–Crippen MR) is 81.9 cm³/mol. The molecule has 0 unspecified atom stereocenters. The molecule has 10 heteroatoms. The minimum Gasteiger partial charge on any atom is -0.248 e. The van der Waals surface area contributed by atoms with E-state index in [0.717, 1.165) is 12.7 Å². The van der Waals surface area contributed by atoms with Crippen LogP contribution in [-0.2, 0) is 26.4 Å². The quantitative estimate of drug-likeness (QED) is 0.854. The number of sulfonamides is 1. The summed E-state index contributed by atoms with van der Waals surface area (Å²) < 4.78 is 53.2. The summed E-state index contributed by atoms with van der Waals surface area (Å²) in [4.78, 5) is 3.63. The Morgan fingerprint density at radius 2 is 1.87 bits per heavy atom.